The monoisotopic (exact) mass is 149 g/mol. The summed E-state index contributed by atoms with van der Waals surface area (Å²) in [5.74, 6) is 0.875. The highest BCUT2D eigenvalue weighted by atomic mass is 16.5. The molecular formula is C9H11NO. The second-order valence-electron chi connectivity index (χ2n) is 2.24. The van der Waals surface area contributed by atoms with Gasteiger partial charge in [-0.15, -0.1) is 0 Å². The SMILES string of the molecule is C=CCOc1ccncc1C. The van der Waals surface area contributed by atoms with Crippen LogP contribution >= 0.6 is 0 Å². The predicted octanol–water partition coefficient (Wildman–Crippen LogP) is 1.95. The summed E-state index contributed by atoms with van der Waals surface area (Å²) in [7, 11) is 0. The minimum Gasteiger partial charge on any atom is -0.489 e. The average Bonchev–Trinajstić information content (AvgIpc) is 2.03. The van der Waals surface area contributed by atoms with Crippen molar-refractivity contribution in [1.82, 2.24) is 4.98 Å². The van der Waals surface area contributed by atoms with Crippen LogP contribution < -0.4 is 4.74 Å². The van der Waals surface area contributed by atoms with Crippen LogP contribution in [0.25, 0.3) is 0 Å². The molecule has 0 bridgehead atoms. The van der Waals surface area contributed by atoms with Gasteiger partial charge in [-0.05, 0) is 13.0 Å². The number of hydrogen-bond donors (Lipinski definition) is 0. The molecule has 1 rings (SSSR count). The van der Waals surface area contributed by atoms with Crippen molar-refractivity contribution in [3.8, 4) is 5.75 Å². The first-order valence-electron chi connectivity index (χ1n) is 3.49. The zero-order valence-corrected chi connectivity index (χ0v) is 6.58. The van der Waals surface area contributed by atoms with Crippen LogP contribution in [0, 0.1) is 6.92 Å². The number of rotatable bonds is 3. The highest BCUT2D eigenvalue weighted by molar-refractivity contribution is 5.28. The smallest absolute Gasteiger partial charge is 0.125 e. The topological polar surface area (TPSA) is 22.1 Å². The second kappa shape index (κ2) is 3.76. The summed E-state index contributed by atoms with van der Waals surface area (Å²) in [5.41, 5.74) is 1.05. The molecule has 0 aliphatic carbocycles. The first kappa shape index (κ1) is 7.79. The lowest BCUT2D eigenvalue weighted by Gasteiger charge is -2.04. The summed E-state index contributed by atoms with van der Waals surface area (Å²) >= 11 is 0. The van der Waals surface area contributed by atoms with Gasteiger partial charge in [-0.2, -0.15) is 0 Å². The van der Waals surface area contributed by atoms with E-state index in [-0.39, 0.29) is 0 Å². The van der Waals surface area contributed by atoms with Gasteiger partial charge >= 0.3 is 0 Å². The van der Waals surface area contributed by atoms with Crippen LogP contribution in [-0.2, 0) is 0 Å². The molecule has 0 radical (unpaired) electrons. The lowest BCUT2D eigenvalue weighted by molar-refractivity contribution is 0.360. The van der Waals surface area contributed by atoms with E-state index in [2.05, 4.69) is 11.6 Å². The largest absolute Gasteiger partial charge is 0.489 e. The van der Waals surface area contributed by atoms with E-state index in [4.69, 9.17) is 4.74 Å². The van der Waals surface area contributed by atoms with Gasteiger partial charge in [0.15, 0.2) is 0 Å². The van der Waals surface area contributed by atoms with Crippen LogP contribution in [0.1, 0.15) is 5.56 Å². The Morgan fingerprint density at radius 3 is 3.18 bits per heavy atom. The normalized spacial score (nSPS) is 9.18. The Morgan fingerprint density at radius 2 is 2.55 bits per heavy atom. The Bertz CT molecular complexity index is 245. The van der Waals surface area contributed by atoms with Crippen LogP contribution in [0.3, 0.4) is 0 Å². The Labute approximate surface area is 66.5 Å². The molecule has 2 nitrogen and oxygen atoms in total. The summed E-state index contributed by atoms with van der Waals surface area (Å²) in [6, 6.07) is 1.85. The molecule has 0 saturated heterocycles. The molecule has 0 spiro atoms. The number of nitrogens with zero attached hydrogens (tertiary/aromatic N) is 1. The Balaban J connectivity index is 2.69. The van der Waals surface area contributed by atoms with Crippen molar-refractivity contribution in [2.45, 2.75) is 6.92 Å². The molecule has 0 amide bonds. The third kappa shape index (κ3) is 2.08. The lowest BCUT2D eigenvalue weighted by Crippen LogP contribution is -1.94. The van der Waals surface area contributed by atoms with Crippen LogP contribution in [0.2, 0.25) is 0 Å². The van der Waals surface area contributed by atoms with Crippen molar-refractivity contribution in [2.75, 3.05) is 6.61 Å². The van der Waals surface area contributed by atoms with Gasteiger partial charge in [0.05, 0.1) is 0 Å². The highest BCUT2D eigenvalue weighted by Gasteiger charge is 1.94. The third-order valence-electron chi connectivity index (χ3n) is 1.33. The molecule has 11 heavy (non-hydrogen) atoms. The summed E-state index contributed by atoms with van der Waals surface area (Å²) in [6.07, 6.45) is 5.21. The fraction of sp³-hybridized carbons (Fsp3) is 0.222. The van der Waals surface area contributed by atoms with Crippen molar-refractivity contribution in [3.63, 3.8) is 0 Å². The standard InChI is InChI=1S/C9H11NO/c1-3-6-11-9-4-5-10-7-8(9)2/h3-5,7H,1,6H2,2H3. The van der Waals surface area contributed by atoms with E-state index in [1.165, 1.54) is 0 Å². The van der Waals surface area contributed by atoms with Gasteiger partial charge in [0.1, 0.15) is 12.4 Å². The van der Waals surface area contributed by atoms with Crippen LogP contribution in [0.5, 0.6) is 5.75 Å². The van der Waals surface area contributed by atoms with Crippen LogP contribution in [0.15, 0.2) is 31.1 Å². The summed E-state index contributed by atoms with van der Waals surface area (Å²) in [6.45, 7) is 6.07. The fourth-order valence-corrected chi connectivity index (χ4v) is 0.771. The molecule has 58 valence electrons. The van der Waals surface area contributed by atoms with Gasteiger partial charge < -0.3 is 4.74 Å². The second-order valence-corrected chi connectivity index (χ2v) is 2.24. The summed E-state index contributed by atoms with van der Waals surface area (Å²) < 4.78 is 5.33. The summed E-state index contributed by atoms with van der Waals surface area (Å²) in [5, 5.41) is 0. The molecule has 0 aromatic carbocycles. The minimum absolute atomic E-state index is 0.546. The van der Waals surface area contributed by atoms with Crippen molar-refractivity contribution in [2.24, 2.45) is 0 Å². The summed E-state index contributed by atoms with van der Waals surface area (Å²) in [4.78, 5) is 3.95. The van der Waals surface area contributed by atoms with Crippen LogP contribution in [0.4, 0.5) is 0 Å². The Hall–Kier alpha value is -1.31. The van der Waals surface area contributed by atoms with Gasteiger partial charge in [0.25, 0.3) is 0 Å². The zero-order valence-electron chi connectivity index (χ0n) is 6.58. The predicted molar refractivity (Wildman–Crippen MR) is 44.7 cm³/mol. The van der Waals surface area contributed by atoms with Gasteiger partial charge in [-0.25, -0.2) is 0 Å². The first-order chi connectivity index (χ1) is 5.34. The molecule has 1 aromatic rings. The van der Waals surface area contributed by atoms with E-state index in [1.54, 1.807) is 18.5 Å². The maximum absolute atomic E-state index is 5.33. The molecular weight excluding hydrogens is 138 g/mol. The van der Waals surface area contributed by atoms with E-state index in [9.17, 15) is 0 Å². The fourth-order valence-electron chi connectivity index (χ4n) is 0.771. The van der Waals surface area contributed by atoms with E-state index >= 15 is 0 Å². The van der Waals surface area contributed by atoms with Crippen molar-refractivity contribution < 1.29 is 4.74 Å². The van der Waals surface area contributed by atoms with Gasteiger partial charge in [-0.1, -0.05) is 12.7 Å². The van der Waals surface area contributed by atoms with E-state index in [0.717, 1.165) is 11.3 Å². The molecule has 2 heteroatoms. The van der Waals surface area contributed by atoms with Crippen molar-refractivity contribution in [3.05, 3.63) is 36.7 Å². The first-order valence-corrected chi connectivity index (χ1v) is 3.49. The van der Waals surface area contributed by atoms with Crippen LogP contribution in [-0.4, -0.2) is 11.6 Å². The molecule has 1 aromatic heterocycles. The number of aromatic nitrogens is 1. The molecule has 0 fully saturated rings. The van der Waals surface area contributed by atoms with Crippen molar-refractivity contribution in [1.29, 1.82) is 0 Å². The Morgan fingerprint density at radius 1 is 1.73 bits per heavy atom. The van der Waals surface area contributed by atoms with E-state index in [1.807, 2.05) is 13.0 Å². The third-order valence-corrected chi connectivity index (χ3v) is 1.33. The van der Waals surface area contributed by atoms with Gasteiger partial charge in [-0.3, -0.25) is 4.98 Å². The number of pyridine rings is 1. The molecule has 0 unspecified atom stereocenters. The Kier molecular flexibility index (Phi) is 2.66. The quantitative estimate of drug-likeness (QED) is 0.613. The molecule has 0 aliphatic rings. The van der Waals surface area contributed by atoms with E-state index < -0.39 is 0 Å². The maximum Gasteiger partial charge on any atom is 0.125 e. The molecule has 0 saturated carbocycles. The maximum atomic E-state index is 5.33. The number of ether oxygens (including phenoxy) is 1. The van der Waals surface area contributed by atoms with Crippen molar-refractivity contribution >= 4 is 0 Å². The molecule has 0 atom stereocenters. The number of hydrogen-bond acceptors (Lipinski definition) is 2. The minimum atomic E-state index is 0.546. The lowest BCUT2D eigenvalue weighted by atomic mass is 10.3. The highest BCUT2D eigenvalue weighted by Crippen LogP contribution is 2.14. The van der Waals surface area contributed by atoms with E-state index in [0.29, 0.717) is 6.61 Å². The van der Waals surface area contributed by atoms with Gasteiger partial charge in [0.2, 0.25) is 0 Å². The molecule has 0 aliphatic heterocycles. The number of aryl methyl sites for hydroxylation is 1. The van der Waals surface area contributed by atoms with Gasteiger partial charge in [0, 0.05) is 18.0 Å². The average molecular weight is 149 g/mol. The zero-order chi connectivity index (χ0) is 8.10. The molecule has 1 heterocycles. The molecule has 0 N–H and O–H groups in total.